The molecular weight excluding hydrogens is 262 g/mol. The first-order chi connectivity index (χ1) is 10.3. The van der Waals surface area contributed by atoms with Crippen LogP contribution in [0.25, 0.3) is 0 Å². The Bertz CT molecular complexity index is 642. The molecule has 1 N–H and O–H groups in total. The van der Waals surface area contributed by atoms with Crippen molar-refractivity contribution >= 4 is 0 Å². The number of benzene rings is 1. The maximum atomic E-state index is 10.1. The van der Waals surface area contributed by atoms with E-state index in [1.54, 1.807) is 0 Å². The third kappa shape index (κ3) is 2.70. The van der Waals surface area contributed by atoms with Gasteiger partial charge in [0.05, 0.1) is 12.7 Å². The maximum absolute atomic E-state index is 10.1. The third-order valence-corrected chi connectivity index (χ3v) is 4.60. The molecule has 1 aliphatic heterocycles. The van der Waals surface area contributed by atoms with E-state index in [2.05, 4.69) is 41.2 Å². The van der Waals surface area contributed by atoms with Gasteiger partial charge in [0.15, 0.2) is 0 Å². The molecule has 0 radical (unpaired) electrons. The lowest BCUT2D eigenvalue weighted by molar-refractivity contribution is 0.154. The molecule has 1 aromatic carbocycles. The van der Waals surface area contributed by atoms with Gasteiger partial charge in [-0.1, -0.05) is 12.1 Å². The van der Waals surface area contributed by atoms with Gasteiger partial charge in [0.25, 0.3) is 0 Å². The van der Waals surface area contributed by atoms with E-state index in [4.69, 9.17) is 4.74 Å². The average Bonchev–Trinajstić information content (AvgIpc) is 3.07. The number of hydrogen-bond donors (Lipinski definition) is 1. The quantitative estimate of drug-likeness (QED) is 0.915. The predicted octanol–water partition coefficient (Wildman–Crippen LogP) is 3.11. The van der Waals surface area contributed by atoms with Crippen molar-refractivity contribution in [2.45, 2.75) is 38.3 Å². The number of aliphatic hydroxyl groups is 1. The zero-order valence-corrected chi connectivity index (χ0v) is 12.2. The molecule has 1 aliphatic carbocycles. The standard InChI is InChI=1S/C18H21NO2/c20-18(14-2-3-14)16-6-9-19(12-16)8-5-13-1-4-17-15(11-13)7-10-21-17/h1,4,6,9,11-12,14,18,20H,2-3,5,7-8,10H2. The Morgan fingerprint density at radius 3 is 3.05 bits per heavy atom. The number of aryl methyl sites for hydroxylation is 2. The van der Waals surface area contributed by atoms with E-state index in [0.717, 1.165) is 37.3 Å². The third-order valence-electron chi connectivity index (χ3n) is 4.60. The molecule has 1 fully saturated rings. The Kier molecular flexibility index (Phi) is 3.23. The van der Waals surface area contributed by atoms with E-state index in [1.165, 1.54) is 24.0 Å². The van der Waals surface area contributed by atoms with Gasteiger partial charge in [0.1, 0.15) is 5.75 Å². The van der Waals surface area contributed by atoms with E-state index < -0.39 is 0 Å². The summed E-state index contributed by atoms with van der Waals surface area (Å²) in [7, 11) is 0. The fourth-order valence-corrected chi connectivity index (χ4v) is 3.11. The van der Waals surface area contributed by atoms with Crippen LogP contribution in [0.4, 0.5) is 0 Å². The van der Waals surface area contributed by atoms with Gasteiger partial charge in [-0.2, -0.15) is 0 Å². The molecule has 0 amide bonds. The molecule has 3 heteroatoms. The molecule has 1 unspecified atom stereocenters. The van der Waals surface area contributed by atoms with E-state index in [0.29, 0.717) is 5.92 Å². The van der Waals surface area contributed by atoms with Crippen LogP contribution in [0.2, 0.25) is 0 Å². The Hall–Kier alpha value is -1.74. The average molecular weight is 283 g/mol. The molecule has 2 heterocycles. The maximum Gasteiger partial charge on any atom is 0.122 e. The topological polar surface area (TPSA) is 34.4 Å². The fourth-order valence-electron chi connectivity index (χ4n) is 3.11. The van der Waals surface area contributed by atoms with Crippen LogP contribution in [0.15, 0.2) is 36.7 Å². The zero-order valence-electron chi connectivity index (χ0n) is 12.2. The smallest absolute Gasteiger partial charge is 0.122 e. The van der Waals surface area contributed by atoms with Gasteiger partial charge in [-0.25, -0.2) is 0 Å². The molecule has 0 bridgehead atoms. The summed E-state index contributed by atoms with van der Waals surface area (Å²) in [5, 5.41) is 10.1. The molecule has 2 aromatic rings. The number of rotatable bonds is 5. The first kappa shape index (κ1) is 13.0. The molecule has 4 rings (SSSR count). The molecule has 110 valence electrons. The van der Waals surface area contributed by atoms with Gasteiger partial charge in [0.2, 0.25) is 0 Å². The first-order valence-electron chi connectivity index (χ1n) is 7.88. The summed E-state index contributed by atoms with van der Waals surface area (Å²) >= 11 is 0. The lowest BCUT2D eigenvalue weighted by atomic mass is 10.1. The highest BCUT2D eigenvalue weighted by Gasteiger charge is 2.31. The van der Waals surface area contributed by atoms with Crippen LogP contribution in [-0.2, 0) is 19.4 Å². The molecule has 21 heavy (non-hydrogen) atoms. The molecule has 3 nitrogen and oxygen atoms in total. The number of fused-ring (bicyclic) bond motifs is 1. The number of aromatic nitrogens is 1. The normalized spacial score (nSPS) is 18.3. The van der Waals surface area contributed by atoms with E-state index >= 15 is 0 Å². The van der Waals surface area contributed by atoms with Crippen LogP contribution in [-0.4, -0.2) is 16.3 Å². The molecular formula is C18H21NO2. The monoisotopic (exact) mass is 283 g/mol. The van der Waals surface area contributed by atoms with Crippen LogP contribution in [0, 0.1) is 5.92 Å². The minimum Gasteiger partial charge on any atom is -0.493 e. The summed E-state index contributed by atoms with van der Waals surface area (Å²) in [4.78, 5) is 0. The SMILES string of the molecule is OC(c1ccn(CCc2ccc3c(c2)CCO3)c1)C1CC1. The van der Waals surface area contributed by atoms with Crippen molar-refractivity contribution in [2.75, 3.05) is 6.61 Å². The number of aliphatic hydroxyl groups excluding tert-OH is 1. The van der Waals surface area contributed by atoms with Crippen LogP contribution in [0.3, 0.4) is 0 Å². The lowest BCUT2D eigenvalue weighted by Crippen LogP contribution is -2.01. The summed E-state index contributed by atoms with van der Waals surface area (Å²) in [5.41, 5.74) is 3.77. The molecule has 2 aliphatic rings. The fraction of sp³-hybridized carbons (Fsp3) is 0.444. The number of ether oxygens (including phenoxy) is 1. The Morgan fingerprint density at radius 1 is 1.29 bits per heavy atom. The Balaban J connectivity index is 1.40. The summed E-state index contributed by atoms with van der Waals surface area (Å²) < 4.78 is 7.73. The van der Waals surface area contributed by atoms with Gasteiger partial charge in [-0.05, 0) is 54.0 Å². The summed E-state index contributed by atoms with van der Waals surface area (Å²) in [6.07, 6.45) is 8.30. The highest BCUT2D eigenvalue weighted by Crippen LogP contribution is 2.40. The minimum atomic E-state index is -0.261. The van der Waals surface area contributed by atoms with Gasteiger partial charge < -0.3 is 14.4 Å². The van der Waals surface area contributed by atoms with Crippen LogP contribution in [0.5, 0.6) is 5.75 Å². The molecule has 1 saturated carbocycles. The van der Waals surface area contributed by atoms with Crippen molar-refractivity contribution in [3.63, 3.8) is 0 Å². The molecule has 0 spiro atoms. The Morgan fingerprint density at radius 2 is 2.19 bits per heavy atom. The number of hydrogen-bond acceptors (Lipinski definition) is 2. The highest BCUT2D eigenvalue weighted by atomic mass is 16.5. The van der Waals surface area contributed by atoms with Gasteiger partial charge in [-0.15, -0.1) is 0 Å². The van der Waals surface area contributed by atoms with Crippen LogP contribution < -0.4 is 4.74 Å². The van der Waals surface area contributed by atoms with Crippen molar-refractivity contribution in [3.8, 4) is 5.75 Å². The van der Waals surface area contributed by atoms with Crippen molar-refractivity contribution in [2.24, 2.45) is 5.92 Å². The molecule has 0 saturated heterocycles. The zero-order chi connectivity index (χ0) is 14.2. The van der Waals surface area contributed by atoms with Gasteiger partial charge in [0, 0.05) is 25.4 Å². The highest BCUT2D eigenvalue weighted by molar-refractivity contribution is 5.39. The first-order valence-corrected chi connectivity index (χ1v) is 7.88. The van der Waals surface area contributed by atoms with E-state index in [1.807, 2.05) is 0 Å². The Labute approximate surface area is 125 Å². The van der Waals surface area contributed by atoms with Crippen molar-refractivity contribution < 1.29 is 9.84 Å². The largest absolute Gasteiger partial charge is 0.493 e. The van der Waals surface area contributed by atoms with Crippen molar-refractivity contribution in [1.82, 2.24) is 4.57 Å². The second kappa shape index (κ2) is 5.23. The van der Waals surface area contributed by atoms with E-state index in [9.17, 15) is 5.11 Å². The van der Waals surface area contributed by atoms with E-state index in [-0.39, 0.29) is 6.10 Å². The predicted molar refractivity (Wildman–Crippen MR) is 81.5 cm³/mol. The van der Waals surface area contributed by atoms with Gasteiger partial charge >= 0.3 is 0 Å². The lowest BCUT2D eigenvalue weighted by Gasteiger charge is -2.07. The summed E-state index contributed by atoms with van der Waals surface area (Å²) in [5.74, 6) is 1.55. The van der Waals surface area contributed by atoms with Crippen LogP contribution >= 0.6 is 0 Å². The van der Waals surface area contributed by atoms with Crippen molar-refractivity contribution in [1.29, 1.82) is 0 Å². The van der Waals surface area contributed by atoms with Gasteiger partial charge in [-0.3, -0.25) is 0 Å². The minimum absolute atomic E-state index is 0.261. The second-order valence-corrected chi connectivity index (χ2v) is 6.26. The van der Waals surface area contributed by atoms with Crippen LogP contribution in [0.1, 0.15) is 35.6 Å². The van der Waals surface area contributed by atoms with Crippen molar-refractivity contribution in [3.05, 3.63) is 53.3 Å². The summed E-state index contributed by atoms with van der Waals surface area (Å²) in [6.45, 7) is 1.77. The second-order valence-electron chi connectivity index (χ2n) is 6.26. The summed E-state index contributed by atoms with van der Waals surface area (Å²) in [6, 6.07) is 8.58. The molecule has 1 atom stereocenters. The number of nitrogens with zero attached hydrogens (tertiary/aromatic N) is 1. The molecule has 1 aromatic heterocycles.